The van der Waals surface area contributed by atoms with Crippen LogP contribution in [-0.2, 0) is 9.59 Å². The van der Waals surface area contributed by atoms with Crippen LogP contribution in [0.1, 0.15) is 19.8 Å². The number of hydrogen-bond donors (Lipinski definition) is 1. The van der Waals surface area contributed by atoms with Crippen molar-refractivity contribution in [2.75, 3.05) is 33.5 Å². The predicted octanol–water partition coefficient (Wildman–Crippen LogP) is -0.951. The summed E-state index contributed by atoms with van der Waals surface area (Å²) in [6.45, 7) is 3.02. The quantitative estimate of drug-likeness (QED) is 0.643. The standard InChI is InChI=1S/C11H19N3O3/c1-9(16)13-5-3-11(4-6-13)10(17)14(8-15)7-12(11)2/h15H,3-8H2,1-2H3. The molecule has 2 rings (SSSR count). The Morgan fingerprint density at radius 3 is 2.41 bits per heavy atom. The molecule has 2 aliphatic rings. The summed E-state index contributed by atoms with van der Waals surface area (Å²) >= 11 is 0. The van der Waals surface area contributed by atoms with Gasteiger partial charge in [0.15, 0.2) is 0 Å². The van der Waals surface area contributed by atoms with Gasteiger partial charge in [-0.2, -0.15) is 0 Å². The molecule has 6 heteroatoms. The summed E-state index contributed by atoms with van der Waals surface area (Å²) in [5, 5.41) is 9.12. The van der Waals surface area contributed by atoms with Crippen LogP contribution in [0.3, 0.4) is 0 Å². The monoisotopic (exact) mass is 241 g/mol. The summed E-state index contributed by atoms with van der Waals surface area (Å²) in [6.07, 6.45) is 1.30. The molecule has 0 aromatic heterocycles. The molecule has 1 spiro atoms. The molecule has 1 N–H and O–H groups in total. The number of aliphatic hydroxyl groups is 1. The van der Waals surface area contributed by atoms with Gasteiger partial charge in [0.25, 0.3) is 0 Å². The van der Waals surface area contributed by atoms with Crippen LogP contribution in [0.4, 0.5) is 0 Å². The van der Waals surface area contributed by atoms with Crippen molar-refractivity contribution in [1.82, 2.24) is 14.7 Å². The maximum atomic E-state index is 12.2. The average molecular weight is 241 g/mol. The van der Waals surface area contributed by atoms with Crippen molar-refractivity contribution < 1.29 is 14.7 Å². The van der Waals surface area contributed by atoms with Crippen molar-refractivity contribution in [3.05, 3.63) is 0 Å². The van der Waals surface area contributed by atoms with E-state index in [1.807, 2.05) is 11.9 Å². The van der Waals surface area contributed by atoms with Gasteiger partial charge in [-0.25, -0.2) is 0 Å². The third kappa shape index (κ3) is 1.81. The van der Waals surface area contributed by atoms with E-state index in [1.165, 1.54) is 4.90 Å². The van der Waals surface area contributed by atoms with Gasteiger partial charge in [0, 0.05) is 20.0 Å². The lowest BCUT2D eigenvalue weighted by atomic mass is 9.86. The maximum Gasteiger partial charge on any atom is 0.246 e. The van der Waals surface area contributed by atoms with Gasteiger partial charge in [-0.05, 0) is 19.9 Å². The SMILES string of the molecule is CC(=O)N1CCC2(CC1)C(=O)N(CO)CN2C. The molecule has 0 atom stereocenters. The van der Waals surface area contributed by atoms with E-state index in [-0.39, 0.29) is 18.5 Å². The van der Waals surface area contributed by atoms with Crippen LogP contribution in [0.25, 0.3) is 0 Å². The molecule has 96 valence electrons. The Balaban J connectivity index is 2.11. The molecule has 0 aliphatic carbocycles. The topological polar surface area (TPSA) is 64.1 Å². The highest BCUT2D eigenvalue weighted by Gasteiger charge is 2.51. The largest absolute Gasteiger partial charge is 0.376 e. The summed E-state index contributed by atoms with van der Waals surface area (Å²) in [4.78, 5) is 28.7. The van der Waals surface area contributed by atoms with Gasteiger partial charge in [-0.1, -0.05) is 0 Å². The van der Waals surface area contributed by atoms with E-state index >= 15 is 0 Å². The number of likely N-dealkylation sites (N-methyl/N-ethyl adjacent to an activating group) is 1. The normalized spacial score (nSPS) is 24.8. The third-order valence-corrected chi connectivity index (χ3v) is 4.01. The van der Waals surface area contributed by atoms with E-state index in [4.69, 9.17) is 5.11 Å². The van der Waals surface area contributed by atoms with E-state index in [1.54, 1.807) is 11.8 Å². The molecule has 0 radical (unpaired) electrons. The molecule has 2 saturated heterocycles. The van der Waals surface area contributed by atoms with Crippen molar-refractivity contribution >= 4 is 11.8 Å². The fraction of sp³-hybridized carbons (Fsp3) is 0.818. The van der Waals surface area contributed by atoms with Gasteiger partial charge in [0.1, 0.15) is 12.3 Å². The van der Waals surface area contributed by atoms with E-state index in [0.29, 0.717) is 32.6 Å². The molecule has 0 aromatic rings. The zero-order valence-electron chi connectivity index (χ0n) is 10.3. The van der Waals surface area contributed by atoms with Crippen molar-refractivity contribution in [2.45, 2.75) is 25.3 Å². The first-order valence-electron chi connectivity index (χ1n) is 5.88. The number of rotatable bonds is 1. The van der Waals surface area contributed by atoms with Crippen molar-refractivity contribution in [2.24, 2.45) is 0 Å². The molecule has 6 nitrogen and oxygen atoms in total. The number of likely N-dealkylation sites (tertiary alicyclic amines) is 1. The lowest BCUT2D eigenvalue weighted by molar-refractivity contribution is -0.141. The van der Waals surface area contributed by atoms with Gasteiger partial charge >= 0.3 is 0 Å². The molecule has 2 aliphatic heterocycles. The Labute approximate surface area is 101 Å². The van der Waals surface area contributed by atoms with E-state index in [2.05, 4.69) is 0 Å². The Morgan fingerprint density at radius 2 is 2.00 bits per heavy atom. The van der Waals surface area contributed by atoms with Gasteiger partial charge in [-0.3, -0.25) is 14.5 Å². The number of hydrogen-bond acceptors (Lipinski definition) is 4. The van der Waals surface area contributed by atoms with Crippen LogP contribution in [0.2, 0.25) is 0 Å². The second-order valence-electron chi connectivity index (χ2n) is 4.86. The molecule has 2 heterocycles. The molecule has 17 heavy (non-hydrogen) atoms. The predicted molar refractivity (Wildman–Crippen MR) is 60.8 cm³/mol. The number of aliphatic hydroxyl groups excluding tert-OH is 1. The Hall–Kier alpha value is -1.14. The highest BCUT2D eigenvalue weighted by Crippen LogP contribution is 2.34. The Kier molecular flexibility index (Phi) is 3.09. The smallest absolute Gasteiger partial charge is 0.246 e. The molecule has 2 amide bonds. The lowest BCUT2D eigenvalue weighted by Crippen LogP contribution is -2.55. The zero-order chi connectivity index (χ0) is 12.6. The summed E-state index contributed by atoms with van der Waals surface area (Å²) in [7, 11) is 1.90. The second kappa shape index (κ2) is 4.27. The molecule has 0 aromatic carbocycles. The zero-order valence-corrected chi connectivity index (χ0v) is 10.3. The van der Waals surface area contributed by atoms with Crippen LogP contribution in [0.15, 0.2) is 0 Å². The van der Waals surface area contributed by atoms with Crippen molar-refractivity contribution in [3.63, 3.8) is 0 Å². The van der Waals surface area contributed by atoms with E-state index in [0.717, 1.165) is 0 Å². The summed E-state index contributed by atoms with van der Waals surface area (Å²) in [6, 6.07) is 0. The number of amides is 2. The number of nitrogens with zero attached hydrogens (tertiary/aromatic N) is 3. The first kappa shape index (κ1) is 12.3. The fourth-order valence-electron chi connectivity index (χ4n) is 2.81. The molecular formula is C11H19N3O3. The second-order valence-corrected chi connectivity index (χ2v) is 4.86. The van der Waals surface area contributed by atoms with Gasteiger partial charge in [0.05, 0.1) is 6.67 Å². The molecule has 2 fully saturated rings. The highest BCUT2D eigenvalue weighted by atomic mass is 16.3. The average Bonchev–Trinajstić information content (AvgIpc) is 2.55. The minimum Gasteiger partial charge on any atom is -0.376 e. The number of carbonyl (C=O) groups excluding carboxylic acids is 2. The Morgan fingerprint density at radius 1 is 1.41 bits per heavy atom. The van der Waals surface area contributed by atoms with Crippen LogP contribution >= 0.6 is 0 Å². The highest BCUT2D eigenvalue weighted by molar-refractivity contribution is 5.88. The number of carbonyl (C=O) groups is 2. The first-order valence-corrected chi connectivity index (χ1v) is 5.88. The molecule has 0 bridgehead atoms. The molecule has 0 unspecified atom stereocenters. The summed E-state index contributed by atoms with van der Waals surface area (Å²) in [5.74, 6) is 0.0534. The molecule has 0 saturated carbocycles. The van der Waals surface area contributed by atoms with Crippen LogP contribution < -0.4 is 0 Å². The van der Waals surface area contributed by atoms with Crippen molar-refractivity contribution in [1.29, 1.82) is 0 Å². The minimum absolute atomic E-state index is 0.00861. The first-order chi connectivity index (χ1) is 8.01. The Bertz CT molecular complexity index is 337. The lowest BCUT2D eigenvalue weighted by Gasteiger charge is -2.40. The van der Waals surface area contributed by atoms with Crippen molar-refractivity contribution in [3.8, 4) is 0 Å². The minimum atomic E-state index is -0.505. The summed E-state index contributed by atoms with van der Waals surface area (Å²) in [5.41, 5.74) is -0.505. The fourth-order valence-corrected chi connectivity index (χ4v) is 2.81. The van der Waals surface area contributed by atoms with Gasteiger partial charge in [-0.15, -0.1) is 0 Å². The summed E-state index contributed by atoms with van der Waals surface area (Å²) < 4.78 is 0. The molecular weight excluding hydrogens is 222 g/mol. The maximum absolute atomic E-state index is 12.2. The van der Waals surface area contributed by atoms with E-state index < -0.39 is 5.54 Å². The van der Waals surface area contributed by atoms with Gasteiger partial charge in [0.2, 0.25) is 11.8 Å². The van der Waals surface area contributed by atoms with E-state index in [9.17, 15) is 9.59 Å². The van der Waals surface area contributed by atoms with Crippen LogP contribution in [0, 0.1) is 0 Å². The number of piperidine rings is 1. The van der Waals surface area contributed by atoms with Gasteiger partial charge < -0.3 is 14.9 Å². The van der Waals surface area contributed by atoms with Crippen LogP contribution in [0.5, 0.6) is 0 Å². The van der Waals surface area contributed by atoms with Crippen LogP contribution in [-0.4, -0.2) is 70.7 Å². The third-order valence-electron chi connectivity index (χ3n) is 4.01.